The third-order valence-electron chi connectivity index (χ3n) is 3.29. The Morgan fingerprint density at radius 3 is 3.12 bits per heavy atom. The first-order chi connectivity index (χ1) is 8.29. The molecule has 0 aromatic heterocycles. The fraction of sp³-hybridized carbons (Fsp3) is 0.571. The lowest BCUT2D eigenvalue weighted by molar-refractivity contribution is 0.502. The third-order valence-corrected chi connectivity index (χ3v) is 3.78. The standard InChI is InChI=1S/C14H21BrN2/c1-2-5-13-11-17(9-4-8-16-13)14-7-3-6-12(15)10-14/h3,6-7,10,13,16H,2,4-5,8-9,11H2,1H3. The van der Waals surface area contributed by atoms with Gasteiger partial charge in [0.25, 0.3) is 0 Å². The third kappa shape index (κ3) is 3.71. The van der Waals surface area contributed by atoms with Gasteiger partial charge in [-0.2, -0.15) is 0 Å². The van der Waals surface area contributed by atoms with E-state index in [1.165, 1.54) is 29.4 Å². The molecule has 94 valence electrons. The predicted molar refractivity (Wildman–Crippen MR) is 77.7 cm³/mol. The van der Waals surface area contributed by atoms with Gasteiger partial charge in [-0.1, -0.05) is 35.3 Å². The maximum absolute atomic E-state index is 3.64. The number of nitrogens with one attached hydrogen (secondary N) is 1. The number of rotatable bonds is 3. The summed E-state index contributed by atoms with van der Waals surface area (Å²) in [5.41, 5.74) is 1.34. The quantitative estimate of drug-likeness (QED) is 0.919. The highest BCUT2D eigenvalue weighted by atomic mass is 79.9. The summed E-state index contributed by atoms with van der Waals surface area (Å²) in [7, 11) is 0. The van der Waals surface area contributed by atoms with Crippen molar-refractivity contribution in [3.63, 3.8) is 0 Å². The van der Waals surface area contributed by atoms with Crippen LogP contribution in [0.5, 0.6) is 0 Å². The largest absolute Gasteiger partial charge is 0.370 e. The smallest absolute Gasteiger partial charge is 0.0378 e. The van der Waals surface area contributed by atoms with Gasteiger partial charge in [0.15, 0.2) is 0 Å². The van der Waals surface area contributed by atoms with Crippen LogP contribution in [0, 0.1) is 0 Å². The summed E-state index contributed by atoms with van der Waals surface area (Å²) in [6.45, 7) is 5.69. The van der Waals surface area contributed by atoms with Gasteiger partial charge in [0.1, 0.15) is 0 Å². The first kappa shape index (κ1) is 12.9. The average molecular weight is 297 g/mol. The maximum Gasteiger partial charge on any atom is 0.0378 e. The molecule has 1 aromatic rings. The summed E-state index contributed by atoms with van der Waals surface area (Å²) in [4.78, 5) is 2.51. The second kappa shape index (κ2) is 6.41. The molecule has 0 amide bonds. The van der Waals surface area contributed by atoms with Gasteiger partial charge < -0.3 is 10.2 Å². The summed E-state index contributed by atoms with van der Waals surface area (Å²) in [5, 5.41) is 3.64. The van der Waals surface area contributed by atoms with Crippen molar-refractivity contribution in [2.75, 3.05) is 24.5 Å². The molecule has 1 aliphatic heterocycles. The molecule has 1 aliphatic rings. The van der Waals surface area contributed by atoms with Crippen molar-refractivity contribution in [1.29, 1.82) is 0 Å². The van der Waals surface area contributed by atoms with Gasteiger partial charge in [0.2, 0.25) is 0 Å². The van der Waals surface area contributed by atoms with Gasteiger partial charge in [-0.15, -0.1) is 0 Å². The Morgan fingerprint density at radius 1 is 1.47 bits per heavy atom. The zero-order chi connectivity index (χ0) is 12.1. The SMILES string of the molecule is CCCC1CN(c2cccc(Br)c2)CCCN1. The summed E-state index contributed by atoms with van der Waals surface area (Å²) < 4.78 is 1.17. The molecule has 1 fully saturated rings. The van der Waals surface area contributed by atoms with Crippen LogP contribution in [0.4, 0.5) is 5.69 Å². The molecular weight excluding hydrogens is 276 g/mol. The van der Waals surface area contributed by atoms with Gasteiger partial charge in [-0.3, -0.25) is 0 Å². The van der Waals surface area contributed by atoms with Crippen molar-refractivity contribution in [3.8, 4) is 0 Å². The predicted octanol–water partition coefficient (Wildman–Crippen LogP) is 3.42. The Bertz CT molecular complexity index is 354. The van der Waals surface area contributed by atoms with Gasteiger partial charge in [0, 0.05) is 29.3 Å². The molecule has 0 spiro atoms. The molecule has 0 radical (unpaired) electrons. The zero-order valence-corrected chi connectivity index (χ0v) is 12.0. The van der Waals surface area contributed by atoms with Gasteiger partial charge in [-0.25, -0.2) is 0 Å². The highest BCUT2D eigenvalue weighted by Gasteiger charge is 2.17. The number of benzene rings is 1. The molecule has 3 heteroatoms. The van der Waals surface area contributed by atoms with E-state index < -0.39 is 0 Å². The molecule has 1 aromatic carbocycles. The summed E-state index contributed by atoms with van der Waals surface area (Å²) in [6, 6.07) is 9.27. The maximum atomic E-state index is 3.64. The molecule has 1 unspecified atom stereocenters. The van der Waals surface area contributed by atoms with Crippen molar-refractivity contribution in [2.24, 2.45) is 0 Å². The van der Waals surface area contributed by atoms with E-state index in [1.54, 1.807) is 0 Å². The van der Waals surface area contributed by atoms with Crippen LogP contribution in [0.25, 0.3) is 0 Å². The minimum absolute atomic E-state index is 0.640. The second-order valence-corrected chi connectivity index (χ2v) is 5.63. The first-order valence-corrected chi connectivity index (χ1v) is 7.33. The van der Waals surface area contributed by atoms with Crippen molar-refractivity contribution >= 4 is 21.6 Å². The van der Waals surface area contributed by atoms with Crippen molar-refractivity contribution in [3.05, 3.63) is 28.7 Å². The molecule has 1 N–H and O–H groups in total. The van der Waals surface area contributed by atoms with Crippen molar-refractivity contribution in [1.82, 2.24) is 5.32 Å². The summed E-state index contributed by atoms with van der Waals surface area (Å²) in [5.74, 6) is 0. The minimum atomic E-state index is 0.640. The highest BCUT2D eigenvalue weighted by Crippen LogP contribution is 2.21. The number of hydrogen-bond donors (Lipinski definition) is 1. The number of nitrogens with zero attached hydrogens (tertiary/aromatic N) is 1. The van der Waals surface area contributed by atoms with Crippen LogP contribution >= 0.6 is 15.9 Å². The van der Waals surface area contributed by atoms with Crippen LogP contribution in [0.2, 0.25) is 0 Å². The molecule has 0 aliphatic carbocycles. The van der Waals surface area contributed by atoms with E-state index in [9.17, 15) is 0 Å². The van der Waals surface area contributed by atoms with E-state index in [4.69, 9.17) is 0 Å². The fourth-order valence-corrected chi connectivity index (χ4v) is 2.83. The molecule has 0 bridgehead atoms. The second-order valence-electron chi connectivity index (χ2n) is 4.72. The van der Waals surface area contributed by atoms with Crippen LogP contribution in [0.1, 0.15) is 26.2 Å². The van der Waals surface area contributed by atoms with Crippen LogP contribution in [0.3, 0.4) is 0 Å². The molecule has 2 rings (SSSR count). The van der Waals surface area contributed by atoms with E-state index in [0.717, 1.165) is 19.6 Å². The van der Waals surface area contributed by atoms with Crippen LogP contribution in [0.15, 0.2) is 28.7 Å². The highest BCUT2D eigenvalue weighted by molar-refractivity contribution is 9.10. The normalized spacial score (nSPS) is 21.3. The van der Waals surface area contributed by atoms with Crippen molar-refractivity contribution in [2.45, 2.75) is 32.2 Å². The Hall–Kier alpha value is -0.540. The number of anilines is 1. The van der Waals surface area contributed by atoms with Crippen LogP contribution in [-0.2, 0) is 0 Å². The Morgan fingerprint density at radius 2 is 2.35 bits per heavy atom. The molecule has 1 atom stereocenters. The van der Waals surface area contributed by atoms with Gasteiger partial charge in [0.05, 0.1) is 0 Å². The van der Waals surface area contributed by atoms with E-state index in [1.807, 2.05) is 0 Å². The molecule has 0 saturated carbocycles. The summed E-state index contributed by atoms with van der Waals surface area (Å²) in [6.07, 6.45) is 3.75. The van der Waals surface area contributed by atoms with Crippen molar-refractivity contribution < 1.29 is 0 Å². The van der Waals surface area contributed by atoms with Gasteiger partial charge >= 0.3 is 0 Å². The lowest BCUT2D eigenvalue weighted by Crippen LogP contribution is -2.37. The minimum Gasteiger partial charge on any atom is -0.370 e. The van der Waals surface area contributed by atoms with E-state index in [-0.39, 0.29) is 0 Å². The number of halogens is 1. The fourth-order valence-electron chi connectivity index (χ4n) is 2.45. The topological polar surface area (TPSA) is 15.3 Å². The van der Waals surface area contributed by atoms with E-state index in [0.29, 0.717) is 6.04 Å². The Balaban J connectivity index is 2.08. The summed E-state index contributed by atoms with van der Waals surface area (Å²) >= 11 is 3.55. The van der Waals surface area contributed by atoms with E-state index in [2.05, 4.69) is 57.3 Å². The van der Waals surface area contributed by atoms with Gasteiger partial charge in [-0.05, 0) is 37.6 Å². The number of hydrogen-bond acceptors (Lipinski definition) is 2. The average Bonchev–Trinajstić information content (AvgIpc) is 2.55. The monoisotopic (exact) mass is 296 g/mol. The lowest BCUT2D eigenvalue weighted by Gasteiger charge is -2.26. The zero-order valence-electron chi connectivity index (χ0n) is 10.5. The van der Waals surface area contributed by atoms with Crippen LogP contribution in [-0.4, -0.2) is 25.7 Å². The molecule has 1 heterocycles. The van der Waals surface area contributed by atoms with E-state index >= 15 is 0 Å². The Labute approximate surface area is 113 Å². The molecular formula is C14H21BrN2. The molecule has 17 heavy (non-hydrogen) atoms. The Kier molecular flexibility index (Phi) is 4.86. The molecule has 2 nitrogen and oxygen atoms in total. The van der Waals surface area contributed by atoms with Crippen LogP contribution < -0.4 is 10.2 Å². The first-order valence-electron chi connectivity index (χ1n) is 6.53. The lowest BCUT2D eigenvalue weighted by atomic mass is 10.1. The molecule has 1 saturated heterocycles.